The molecule has 1 fully saturated rings. The van der Waals surface area contributed by atoms with Crippen molar-refractivity contribution in [2.45, 2.75) is 37.1 Å². The van der Waals surface area contributed by atoms with Crippen LogP contribution in [0.4, 0.5) is 0 Å². The summed E-state index contributed by atoms with van der Waals surface area (Å²) in [5.41, 5.74) is 0.801. The van der Waals surface area contributed by atoms with Crippen LogP contribution in [0.2, 0.25) is 0 Å². The predicted octanol–water partition coefficient (Wildman–Crippen LogP) is 2.28. The zero-order valence-electron chi connectivity index (χ0n) is 12.8. The first kappa shape index (κ1) is 15.5. The van der Waals surface area contributed by atoms with Crippen LogP contribution < -0.4 is 5.32 Å². The molecule has 1 saturated carbocycles. The molecule has 112 valence electrons. The number of carbonyl (C=O) groups is 1. The van der Waals surface area contributed by atoms with Gasteiger partial charge in [0.05, 0.1) is 6.07 Å². The molecule has 4 heteroatoms. The molecule has 0 saturated heterocycles. The first-order valence-corrected chi connectivity index (χ1v) is 7.49. The minimum Gasteiger partial charge on any atom is -0.353 e. The van der Waals surface area contributed by atoms with E-state index in [0.717, 1.165) is 18.4 Å². The molecule has 0 spiro atoms. The molecule has 1 atom stereocenters. The zero-order chi connectivity index (χ0) is 15.3. The first-order valence-electron chi connectivity index (χ1n) is 7.49. The molecule has 1 aliphatic rings. The second-order valence-corrected chi connectivity index (χ2v) is 6.02. The fourth-order valence-electron chi connectivity index (χ4n) is 3.10. The number of carbonyl (C=O) groups excluding carboxylic acids is 1. The van der Waals surface area contributed by atoms with Gasteiger partial charge in [0.2, 0.25) is 5.91 Å². The van der Waals surface area contributed by atoms with Gasteiger partial charge in [0.25, 0.3) is 0 Å². The van der Waals surface area contributed by atoms with Crippen LogP contribution in [0.15, 0.2) is 30.3 Å². The Morgan fingerprint density at radius 3 is 2.48 bits per heavy atom. The van der Waals surface area contributed by atoms with E-state index in [4.69, 9.17) is 0 Å². The average Bonchev–Trinajstić information content (AvgIpc) is 2.97. The summed E-state index contributed by atoms with van der Waals surface area (Å²) in [4.78, 5) is 14.6. The van der Waals surface area contributed by atoms with E-state index in [1.807, 2.05) is 30.3 Å². The van der Waals surface area contributed by atoms with Crippen molar-refractivity contribution in [1.82, 2.24) is 10.2 Å². The number of rotatable bonds is 5. The molecule has 0 aliphatic heterocycles. The summed E-state index contributed by atoms with van der Waals surface area (Å²) >= 11 is 0. The van der Waals surface area contributed by atoms with Crippen molar-refractivity contribution >= 4 is 5.91 Å². The highest BCUT2D eigenvalue weighted by Gasteiger charge is 2.36. The molecule has 1 aromatic rings. The fourth-order valence-corrected chi connectivity index (χ4v) is 3.10. The SMILES string of the molecule is CN(C)C1(CNC(=O)C(C#N)c2ccccc2)CCCC1. The average molecular weight is 285 g/mol. The molecule has 0 aromatic heterocycles. The Morgan fingerprint density at radius 1 is 1.33 bits per heavy atom. The number of likely N-dealkylation sites (N-methyl/N-ethyl adjacent to an activating group) is 1. The van der Waals surface area contributed by atoms with Crippen LogP contribution in [0.1, 0.15) is 37.2 Å². The quantitative estimate of drug-likeness (QED) is 0.903. The van der Waals surface area contributed by atoms with E-state index in [1.165, 1.54) is 12.8 Å². The Labute approximate surface area is 126 Å². The number of nitriles is 1. The highest BCUT2D eigenvalue weighted by atomic mass is 16.1. The van der Waals surface area contributed by atoms with E-state index in [1.54, 1.807) is 0 Å². The summed E-state index contributed by atoms with van der Waals surface area (Å²) in [6, 6.07) is 11.3. The monoisotopic (exact) mass is 285 g/mol. The van der Waals surface area contributed by atoms with Gasteiger partial charge < -0.3 is 10.2 Å². The van der Waals surface area contributed by atoms with Crippen LogP contribution in [-0.2, 0) is 4.79 Å². The Bertz CT molecular complexity index is 513. The Hall–Kier alpha value is -1.86. The van der Waals surface area contributed by atoms with E-state index < -0.39 is 5.92 Å². The van der Waals surface area contributed by atoms with Gasteiger partial charge in [0.1, 0.15) is 5.92 Å². The van der Waals surface area contributed by atoms with E-state index in [2.05, 4.69) is 30.4 Å². The van der Waals surface area contributed by atoms with E-state index >= 15 is 0 Å². The lowest BCUT2D eigenvalue weighted by Gasteiger charge is -2.36. The molecule has 4 nitrogen and oxygen atoms in total. The highest BCUT2D eigenvalue weighted by molar-refractivity contribution is 5.86. The van der Waals surface area contributed by atoms with Crippen LogP contribution in [-0.4, -0.2) is 37.0 Å². The summed E-state index contributed by atoms with van der Waals surface area (Å²) in [7, 11) is 4.13. The highest BCUT2D eigenvalue weighted by Crippen LogP contribution is 2.33. The molecule has 0 radical (unpaired) electrons. The van der Waals surface area contributed by atoms with Crippen LogP contribution >= 0.6 is 0 Å². The maximum atomic E-state index is 12.3. The van der Waals surface area contributed by atoms with Crippen molar-refractivity contribution in [2.75, 3.05) is 20.6 Å². The standard InChI is InChI=1S/C17H23N3O/c1-20(2)17(10-6-7-11-17)13-19-16(21)15(12-18)14-8-4-3-5-9-14/h3-5,8-9,15H,6-7,10-11,13H2,1-2H3,(H,19,21). The molecule has 1 aromatic carbocycles. The number of amides is 1. The van der Waals surface area contributed by atoms with Gasteiger partial charge in [-0.2, -0.15) is 5.26 Å². The molecule has 21 heavy (non-hydrogen) atoms. The molecule has 1 N–H and O–H groups in total. The maximum absolute atomic E-state index is 12.3. The van der Waals surface area contributed by atoms with Gasteiger partial charge in [-0.3, -0.25) is 4.79 Å². The van der Waals surface area contributed by atoms with Gasteiger partial charge in [-0.25, -0.2) is 0 Å². The molecule has 1 amide bonds. The fraction of sp³-hybridized carbons (Fsp3) is 0.529. The topological polar surface area (TPSA) is 56.1 Å². The van der Waals surface area contributed by atoms with Crippen LogP contribution in [0, 0.1) is 11.3 Å². The molecule has 1 aliphatic carbocycles. The Morgan fingerprint density at radius 2 is 1.95 bits per heavy atom. The van der Waals surface area contributed by atoms with Gasteiger partial charge in [0, 0.05) is 12.1 Å². The molecule has 2 rings (SSSR count). The van der Waals surface area contributed by atoms with Crippen molar-refractivity contribution in [3.63, 3.8) is 0 Å². The molecule has 0 bridgehead atoms. The Balaban J connectivity index is 2.02. The third kappa shape index (κ3) is 3.43. The lowest BCUT2D eigenvalue weighted by Crippen LogP contribution is -2.51. The third-order valence-electron chi connectivity index (χ3n) is 4.60. The smallest absolute Gasteiger partial charge is 0.241 e. The summed E-state index contributed by atoms with van der Waals surface area (Å²) < 4.78 is 0. The minimum absolute atomic E-state index is 0.0480. The second-order valence-electron chi connectivity index (χ2n) is 6.02. The summed E-state index contributed by atoms with van der Waals surface area (Å²) in [5.74, 6) is -0.927. The second kappa shape index (κ2) is 6.73. The van der Waals surface area contributed by atoms with Crippen molar-refractivity contribution in [3.05, 3.63) is 35.9 Å². The van der Waals surface area contributed by atoms with Crippen LogP contribution in [0.3, 0.4) is 0 Å². The van der Waals surface area contributed by atoms with Gasteiger partial charge >= 0.3 is 0 Å². The molecule has 1 unspecified atom stereocenters. The predicted molar refractivity (Wildman–Crippen MR) is 82.7 cm³/mol. The summed E-state index contributed by atoms with van der Waals surface area (Å²) in [5, 5.41) is 12.3. The van der Waals surface area contributed by atoms with E-state index in [0.29, 0.717) is 6.54 Å². The normalized spacial score (nSPS) is 18.2. The van der Waals surface area contributed by atoms with E-state index in [9.17, 15) is 10.1 Å². The lowest BCUT2D eigenvalue weighted by molar-refractivity contribution is -0.122. The van der Waals surface area contributed by atoms with Crippen molar-refractivity contribution in [3.8, 4) is 6.07 Å². The van der Waals surface area contributed by atoms with Gasteiger partial charge in [0.15, 0.2) is 0 Å². The van der Waals surface area contributed by atoms with Gasteiger partial charge in [-0.05, 0) is 32.5 Å². The maximum Gasteiger partial charge on any atom is 0.241 e. The number of nitrogens with zero attached hydrogens (tertiary/aromatic N) is 2. The van der Waals surface area contributed by atoms with Crippen LogP contribution in [0.5, 0.6) is 0 Å². The summed E-state index contributed by atoms with van der Waals surface area (Å²) in [6.45, 7) is 0.615. The third-order valence-corrected chi connectivity index (χ3v) is 4.60. The van der Waals surface area contributed by atoms with Gasteiger partial charge in [-0.15, -0.1) is 0 Å². The number of hydrogen-bond acceptors (Lipinski definition) is 3. The molecular formula is C17H23N3O. The van der Waals surface area contributed by atoms with Crippen molar-refractivity contribution in [2.24, 2.45) is 0 Å². The minimum atomic E-state index is -0.730. The number of hydrogen-bond donors (Lipinski definition) is 1. The van der Waals surface area contributed by atoms with E-state index in [-0.39, 0.29) is 11.4 Å². The number of nitrogens with one attached hydrogen (secondary N) is 1. The van der Waals surface area contributed by atoms with Crippen molar-refractivity contribution < 1.29 is 4.79 Å². The van der Waals surface area contributed by atoms with Crippen LogP contribution in [0.25, 0.3) is 0 Å². The Kier molecular flexibility index (Phi) is 4.98. The number of benzene rings is 1. The molecule has 0 heterocycles. The molecular weight excluding hydrogens is 262 g/mol. The van der Waals surface area contributed by atoms with Gasteiger partial charge in [-0.1, -0.05) is 43.2 Å². The largest absolute Gasteiger partial charge is 0.353 e. The van der Waals surface area contributed by atoms with Crippen molar-refractivity contribution in [1.29, 1.82) is 5.26 Å². The lowest BCUT2D eigenvalue weighted by atomic mass is 9.94. The zero-order valence-corrected chi connectivity index (χ0v) is 12.8. The summed E-state index contributed by atoms with van der Waals surface area (Å²) in [6.07, 6.45) is 4.61. The first-order chi connectivity index (χ1) is 10.1.